The Labute approximate surface area is 95.1 Å². The number of rotatable bonds is 2. The van der Waals surface area contributed by atoms with E-state index < -0.39 is 15.1 Å². The van der Waals surface area contributed by atoms with Crippen LogP contribution in [-0.4, -0.2) is 6.61 Å². The van der Waals surface area contributed by atoms with E-state index in [1.807, 2.05) is 31.2 Å². The average molecular weight is 271 g/mol. The van der Waals surface area contributed by atoms with Gasteiger partial charge in [0.15, 0.2) is 0 Å². The van der Waals surface area contributed by atoms with Crippen LogP contribution in [0.4, 0.5) is 0 Å². The van der Waals surface area contributed by atoms with Gasteiger partial charge in [-0.05, 0) is 31.5 Å². The first kappa shape index (κ1) is 13.2. The summed E-state index contributed by atoms with van der Waals surface area (Å²) < 4.78 is 5.23. The predicted octanol–water partition coefficient (Wildman–Crippen LogP) is 3.64. The maximum atomic E-state index is 5.23. The topological polar surface area (TPSA) is 9.23 Å². The van der Waals surface area contributed by atoms with E-state index in [0.29, 0.717) is 0 Å². The van der Waals surface area contributed by atoms with Gasteiger partial charge in [-0.1, -0.05) is 12.1 Å². The molecular formula is C9H11Cl2OZn. The molecule has 0 bridgehead atoms. The molecule has 0 spiro atoms. The molecule has 13 heavy (non-hydrogen) atoms. The van der Waals surface area contributed by atoms with Crippen LogP contribution in [0.25, 0.3) is 0 Å². The molecule has 1 nitrogen and oxygen atoms in total. The Morgan fingerprint density at radius 3 is 2.15 bits per heavy atom. The summed E-state index contributed by atoms with van der Waals surface area (Å²) in [5.74, 6) is 0.912. The van der Waals surface area contributed by atoms with Crippen molar-refractivity contribution in [3.8, 4) is 5.75 Å². The van der Waals surface area contributed by atoms with E-state index >= 15 is 0 Å². The van der Waals surface area contributed by atoms with Gasteiger partial charge in [0.2, 0.25) is 0 Å². The predicted molar refractivity (Wildman–Crippen MR) is 53.8 cm³/mol. The molecule has 1 rings (SSSR count). The number of halogens is 2. The van der Waals surface area contributed by atoms with Gasteiger partial charge in [0, 0.05) is 0 Å². The fourth-order valence-corrected chi connectivity index (χ4v) is 0.752. The molecule has 0 fully saturated rings. The van der Waals surface area contributed by atoms with Crippen molar-refractivity contribution < 1.29 is 19.9 Å². The monoisotopic (exact) mass is 269 g/mol. The molecule has 1 aromatic rings. The zero-order valence-electron chi connectivity index (χ0n) is 7.59. The Balaban J connectivity index is 0.000000424. The zero-order chi connectivity index (χ0) is 10.1. The van der Waals surface area contributed by atoms with Crippen LogP contribution in [0.2, 0.25) is 0 Å². The molecule has 0 aliphatic heterocycles. The van der Waals surface area contributed by atoms with Crippen molar-refractivity contribution in [3.05, 3.63) is 36.8 Å². The average Bonchev–Trinajstić information content (AvgIpc) is 2.11. The summed E-state index contributed by atoms with van der Waals surface area (Å²) in [5.41, 5.74) is 1.02. The molecule has 0 aliphatic rings. The third-order valence-electron chi connectivity index (χ3n) is 1.23. The van der Waals surface area contributed by atoms with Gasteiger partial charge >= 0.3 is 34.5 Å². The van der Waals surface area contributed by atoms with Crippen molar-refractivity contribution in [2.45, 2.75) is 6.92 Å². The molecule has 0 N–H and O–H groups in total. The summed E-state index contributed by atoms with van der Waals surface area (Å²) in [6, 6.07) is 7.72. The second-order valence-electron chi connectivity index (χ2n) is 2.18. The van der Waals surface area contributed by atoms with Crippen molar-refractivity contribution >= 4 is 19.4 Å². The number of hydrogen-bond acceptors (Lipinski definition) is 1. The van der Waals surface area contributed by atoms with E-state index in [4.69, 9.17) is 24.1 Å². The van der Waals surface area contributed by atoms with Crippen LogP contribution >= 0.6 is 19.4 Å². The molecule has 4 heteroatoms. The van der Waals surface area contributed by atoms with Crippen molar-refractivity contribution in [1.29, 1.82) is 0 Å². The Kier molecular flexibility index (Phi) is 8.96. The van der Waals surface area contributed by atoms with Crippen LogP contribution < -0.4 is 4.74 Å². The molecule has 69 valence electrons. The van der Waals surface area contributed by atoms with Gasteiger partial charge in [0.25, 0.3) is 0 Å². The summed E-state index contributed by atoms with van der Waals surface area (Å²) in [7, 11) is 9.90. The number of benzene rings is 1. The van der Waals surface area contributed by atoms with Gasteiger partial charge in [-0.15, -0.1) is 0 Å². The Hall–Kier alpha value is 0.223. The summed E-state index contributed by atoms with van der Waals surface area (Å²) >= 11 is -0.931. The van der Waals surface area contributed by atoms with Crippen LogP contribution in [0.5, 0.6) is 5.75 Å². The molecule has 0 aliphatic carbocycles. The summed E-state index contributed by atoms with van der Waals surface area (Å²) in [6.45, 7) is 6.46. The van der Waals surface area contributed by atoms with Crippen molar-refractivity contribution in [3.63, 3.8) is 0 Å². The molecule has 0 heterocycles. The van der Waals surface area contributed by atoms with Gasteiger partial charge in [-0.3, -0.25) is 0 Å². The first-order chi connectivity index (χ1) is 6.24. The Bertz CT molecular complexity index is 213. The van der Waals surface area contributed by atoms with Gasteiger partial charge in [-0.2, -0.15) is 0 Å². The molecule has 0 aromatic heterocycles. The normalized spacial score (nSPS) is 8.00. The minimum atomic E-state index is -0.931. The van der Waals surface area contributed by atoms with Crippen molar-refractivity contribution in [1.82, 2.24) is 0 Å². The van der Waals surface area contributed by atoms with Gasteiger partial charge in [-0.25, -0.2) is 0 Å². The van der Waals surface area contributed by atoms with Crippen LogP contribution in [0.1, 0.15) is 12.5 Å². The maximum absolute atomic E-state index is 5.23. The summed E-state index contributed by atoms with van der Waals surface area (Å²) in [5, 5.41) is 0. The van der Waals surface area contributed by atoms with Crippen molar-refractivity contribution in [2.75, 3.05) is 6.61 Å². The van der Waals surface area contributed by atoms with Crippen LogP contribution in [0.15, 0.2) is 24.3 Å². The van der Waals surface area contributed by atoms with Crippen LogP contribution in [0, 0.1) is 6.92 Å². The molecule has 0 unspecified atom stereocenters. The second kappa shape index (κ2) is 8.81. The summed E-state index contributed by atoms with van der Waals surface area (Å²) in [4.78, 5) is 0. The summed E-state index contributed by atoms with van der Waals surface area (Å²) in [6.07, 6.45) is 0. The van der Waals surface area contributed by atoms with E-state index in [1.165, 1.54) is 0 Å². The standard InChI is InChI=1S/C9H11O.2ClH.Zn/c1-3-10-9-6-4-8(2)5-7-9;;;/h4-7H,2-3H2,1H3;2*1H;/q;;;+2/p-2. The SMILES string of the molecule is [CH2]c1ccc(OCC)cc1.[Cl][Zn][Cl]. The van der Waals surface area contributed by atoms with E-state index in [-0.39, 0.29) is 0 Å². The molecule has 1 aromatic carbocycles. The molecule has 0 atom stereocenters. The minimum absolute atomic E-state index is 0.719. The van der Waals surface area contributed by atoms with E-state index in [9.17, 15) is 0 Å². The zero-order valence-corrected chi connectivity index (χ0v) is 12.1. The molecule has 0 saturated carbocycles. The Morgan fingerprint density at radius 1 is 1.31 bits per heavy atom. The first-order valence-corrected chi connectivity index (χ1v) is 11.7. The van der Waals surface area contributed by atoms with Gasteiger partial charge in [0.1, 0.15) is 5.75 Å². The number of hydrogen-bond donors (Lipinski definition) is 0. The molecule has 0 amide bonds. The molecular weight excluding hydrogens is 260 g/mol. The molecule has 1 radical (unpaired) electrons. The molecule has 0 saturated heterocycles. The van der Waals surface area contributed by atoms with Gasteiger partial charge in [0.05, 0.1) is 6.61 Å². The van der Waals surface area contributed by atoms with Crippen LogP contribution in [0.3, 0.4) is 0 Å². The van der Waals surface area contributed by atoms with E-state index in [0.717, 1.165) is 17.9 Å². The van der Waals surface area contributed by atoms with Crippen LogP contribution in [-0.2, 0) is 15.1 Å². The second-order valence-corrected chi connectivity index (χ2v) is 6.80. The fraction of sp³-hybridized carbons (Fsp3) is 0.222. The Morgan fingerprint density at radius 2 is 1.77 bits per heavy atom. The van der Waals surface area contributed by atoms with E-state index in [1.54, 1.807) is 0 Å². The van der Waals surface area contributed by atoms with E-state index in [2.05, 4.69) is 6.92 Å². The van der Waals surface area contributed by atoms with Gasteiger partial charge < -0.3 is 4.74 Å². The van der Waals surface area contributed by atoms with Crippen molar-refractivity contribution in [2.24, 2.45) is 0 Å². The fourth-order valence-electron chi connectivity index (χ4n) is 0.752. The third kappa shape index (κ3) is 7.31. The number of ether oxygens (including phenoxy) is 1. The quantitative estimate of drug-likeness (QED) is 0.746. The third-order valence-corrected chi connectivity index (χ3v) is 1.23. The first-order valence-electron chi connectivity index (χ1n) is 3.91.